The number of carbonyl (C=O) groups is 4. The highest BCUT2D eigenvalue weighted by Gasteiger charge is 2.31. The molecule has 11 N–H and O–H groups in total. The molecule has 0 aliphatic rings. The van der Waals surface area contributed by atoms with E-state index in [1.54, 1.807) is 6.20 Å². The second-order valence-electron chi connectivity index (χ2n) is 10.5. The smallest absolute Gasteiger partial charge is 0.326 e. The fraction of sp³-hybridized carbons (Fsp3) is 0.379. The van der Waals surface area contributed by atoms with Crippen molar-refractivity contribution in [2.75, 3.05) is 6.54 Å². The third-order valence-corrected chi connectivity index (χ3v) is 7.24. The van der Waals surface area contributed by atoms with Gasteiger partial charge in [-0.05, 0) is 43.9 Å². The number of aromatic amines is 3. The number of carboxylic acids is 1. The van der Waals surface area contributed by atoms with Gasteiger partial charge in [0.2, 0.25) is 17.7 Å². The second-order valence-corrected chi connectivity index (χ2v) is 10.5. The molecule has 0 fully saturated rings. The van der Waals surface area contributed by atoms with E-state index in [1.807, 2.05) is 24.3 Å². The van der Waals surface area contributed by atoms with Gasteiger partial charge in [-0.15, -0.1) is 0 Å². The molecule has 4 unspecified atom stereocenters. The quantitative estimate of drug-likeness (QED) is 0.0711. The Labute approximate surface area is 253 Å². The van der Waals surface area contributed by atoms with Crippen molar-refractivity contribution in [2.24, 2.45) is 11.5 Å². The maximum Gasteiger partial charge on any atom is 0.326 e. The molecule has 0 saturated carbocycles. The Kier molecular flexibility index (Phi) is 11.2. The highest BCUT2D eigenvalue weighted by molar-refractivity contribution is 5.94. The molecule has 1 aromatic carbocycles. The zero-order chi connectivity index (χ0) is 31.5. The fourth-order valence-corrected chi connectivity index (χ4v) is 4.86. The summed E-state index contributed by atoms with van der Waals surface area (Å²) in [6.07, 6.45) is 9.19. The van der Waals surface area contributed by atoms with Crippen LogP contribution in [0.25, 0.3) is 10.9 Å². The molecule has 0 aliphatic heterocycles. The first-order valence-corrected chi connectivity index (χ1v) is 14.3. The van der Waals surface area contributed by atoms with Crippen LogP contribution in [0.4, 0.5) is 0 Å². The van der Waals surface area contributed by atoms with Crippen molar-refractivity contribution in [3.8, 4) is 0 Å². The zero-order valence-corrected chi connectivity index (χ0v) is 24.1. The lowest BCUT2D eigenvalue weighted by Gasteiger charge is -2.25. The molecule has 0 aliphatic carbocycles. The summed E-state index contributed by atoms with van der Waals surface area (Å²) in [6, 6.07) is 3.23. The van der Waals surface area contributed by atoms with E-state index >= 15 is 0 Å². The Morgan fingerprint density at radius 3 is 2.05 bits per heavy atom. The van der Waals surface area contributed by atoms with Crippen LogP contribution in [0.2, 0.25) is 0 Å². The standard InChI is InChI=1S/C29H38N10O5/c30-8-4-3-7-23(27(41)39-25(29(43)44)11-19-14-33-16-36-19)37-28(42)24(10-18-13-32-15-35-18)38-26(40)21(31)9-17-12-34-22-6-2-1-5-20(17)22/h1-2,5-6,12-16,21,23-25,34H,3-4,7-11,30-31H2,(H,32,35)(H,33,36)(H,37,42)(H,38,40)(H,39,41)(H,43,44). The van der Waals surface area contributed by atoms with E-state index in [1.165, 1.54) is 25.0 Å². The molecule has 15 nitrogen and oxygen atoms in total. The maximum atomic E-state index is 13.6. The Balaban J connectivity index is 1.46. The molecule has 0 spiro atoms. The van der Waals surface area contributed by atoms with Gasteiger partial charge in [0.1, 0.15) is 18.1 Å². The minimum atomic E-state index is -1.26. The van der Waals surface area contributed by atoms with Crippen LogP contribution < -0.4 is 27.4 Å². The van der Waals surface area contributed by atoms with Crippen LogP contribution in [0, 0.1) is 0 Å². The molecule has 3 aromatic heterocycles. The Morgan fingerprint density at radius 1 is 0.795 bits per heavy atom. The van der Waals surface area contributed by atoms with Gasteiger partial charge in [-0.25, -0.2) is 14.8 Å². The fourth-order valence-electron chi connectivity index (χ4n) is 4.86. The van der Waals surface area contributed by atoms with Crippen LogP contribution in [0.5, 0.6) is 0 Å². The number of amides is 3. The van der Waals surface area contributed by atoms with Crippen LogP contribution >= 0.6 is 0 Å². The first kappa shape index (κ1) is 31.9. The third kappa shape index (κ3) is 8.75. The van der Waals surface area contributed by atoms with Gasteiger partial charge in [-0.3, -0.25) is 14.4 Å². The van der Waals surface area contributed by atoms with Crippen molar-refractivity contribution < 1.29 is 24.3 Å². The molecule has 3 amide bonds. The summed E-state index contributed by atoms with van der Waals surface area (Å²) in [5.74, 6) is -3.11. The number of benzene rings is 1. The molecule has 4 atom stereocenters. The van der Waals surface area contributed by atoms with Gasteiger partial charge < -0.3 is 47.5 Å². The number of aliphatic carboxylic acids is 1. The van der Waals surface area contributed by atoms with Crippen LogP contribution in [0.1, 0.15) is 36.2 Å². The van der Waals surface area contributed by atoms with Crippen LogP contribution in [0.15, 0.2) is 55.5 Å². The molecule has 0 bridgehead atoms. The lowest BCUT2D eigenvalue weighted by molar-refractivity contribution is -0.142. The van der Waals surface area contributed by atoms with Gasteiger partial charge in [0.15, 0.2) is 0 Å². The summed E-state index contributed by atoms with van der Waals surface area (Å²) < 4.78 is 0. The first-order chi connectivity index (χ1) is 21.2. The summed E-state index contributed by atoms with van der Waals surface area (Å²) >= 11 is 0. The van der Waals surface area contributed by atoms with Gasteiger partial charge in [0.05, 0.1) is 18.7 Å². The average molecular weight is 607 g/mol. The van der Waals surface area contributed by atoms with Crippen LogP contribution in [0.3, 0.4) is 0 Å². The summed E-state index contributed by atoms with van der Waals surface area (Å²) in [7, 11) is 0. The molecular weight excluding hydrogens is 568 g/mol. The number of fused-ring (bicyclic) bond motifs is 1. The number of carboxylic acid groups (broad SMARTS) is 1. The molecule has 3 heterocycles. The van der Waals surface area contributed by atoms with E-state index in [9.17, 15) is 24.3 Å². The number of imidazole rings is 2. The van der Waals surface area contributed by atoms with E-state index in [2.05, 4.69) is 40.9 Å². The van der Waals surface area contributed by atoms with Crippen molar-refractivity contribution in [1.82, 2.24) is 40.9 Å². The van der Waals surface area contributed by atoms with Gasteiger partial charge in [0, 0.05) is 53.7 Å². The number of nitrogens with one attached hydrogen (secondary N) is 6. The van der Waals surface area contributed by atoms with E-state index in [-0.39, 0.29) is 25.7 Å². The van der Waals surface area contributed by atoms with Crippen molar-refractivity contribution in [3.63, 3.8) is 0 Å². The Morgan fingerprint density at radius 2 is 1.41 bits per heavy atom. The number of para-hydroxylation sites is 1. The minimum Gasteiger partial charge on any atom is -0.480 e. The van der Waals surface area contributed by atoms with Gasteiger partial charge in [-0.2, -0.15) is 0 Å². The van der Waals surface area contributed by atoms with Crippen LogP contribution in [-0.4, -0.2) is 84.4 Å². The molecular formula is C29H38N10O5. The molecule has 0 saturated heterocycles. The first-order valence-electron chi connectivity index (χ1n) is 14.3. The topological polar surface area (TPSA) is 250 Å². The predicted molar refractivity (Wildman–Crippen MR) is 161 cm³/mol. The van der Waals surface area contributed by atoms with Gasteiger partial charge in [0.25, 0.3) is 0 Å². The second kappa shape index (κ2) is 15.5. The van der Waals surface area contributed by atoms with Crippen molar-refractivity contribution in [3.05, 3.63) is 72.5 Å². The Hall–Kier alpha value is -5.02. The lowest BCUT2D eigenvalue weighted by atomic mass is 10.0. The monoisotopic (exact) mass is 606 g/mol. The highest BCUT2D eigenvalue weighted by atomic mass is 16.4. The minimum absolute atomic E-state index is 0.0304. The van der Waals surface area contributed by atoms with Crippen molar-refractivity contribution in [2.45, 2.75) is 62.7 Å². The summed E-state index contributed by atoms with van der Waals surface area (Å²) in [5, 5.41) is 18.6. The summed E-state index contributed by atoms with van der Waals surface area (Å²) in [4.78, 5) is 68.8. The largest absolute Gasteiger partial charge is 0.480 e. The third-order valence-electron chi connectivity index (χ3n) is 7.24. The number of H-pyrrole nitrogens is 3. The number of aromatic nitrogens is 5. The molecule has 15 heteroatoms. The lowest BCUT2D eigenvalue weighted by Crippen LogP contribution is -2.58. The molecule has 44 heavy (non-hydrogen) atoms. The van der Waals surface area contributed by atoms with E-state index in [4.69, 9.17) is 11.5 Å². The number of nitrogens with two attached hydrogens (primary N) is 2. The van der Waals surface area contributed by atoms with Gasteiger partial charge in [-0.1, -0.05) is 18.2 Å². The average Bonchev–Trinajstić information content (AvgIpc) is 3.79. The maximum absolute atomic E-state index is 13.6. The number of hydrogen-bond acceptors (Lipinski definition) is 8. The summed E-state index contributed by atoms with van der Waals surface area (Å²) in [6.45, 7) is 0.382. The van der Waals surface area contributed by atoms with Crippen molar-refractivity contribution in [1.29, 1.82) is 0 Å². The normalized spacial score (nSPS) is 14.0. The zero-order valence-electron chi connectivity index (χ0n) is 24.1. The number of hydrogen-bond donors (Lipinski definition) is 9. The SMILES string of the molecule is NCCCCC(NC(=O)C(Cc1cnc[nH]1)NC(=O)C(N)Cc1c[nH]c2ccccc12)C(=O)NC(Cc1cnc[nH]1)C(=O)O. The van der Waals surface area contributed by atoms with Crippen LogP contribution in [-0.2, 0) is 38.4 Å². The molecule has 0 radical (unpaired) electrons. The van der Waals surface area contributed by atoms with Crippen molar-refractivity contribution >= 4 is 34.6 Å². The predicted octanol–water partition coefficient (Wildman–Crippen LogP) is -0.363. The molecule has 234 valence electrons. The van der Waals surface area contributed by atoms with E-state index < -0.39 is 47.9 Å². The molecule has 4 aromatic rings. The van der Waals surface area contributed by atoms with E-state index in [0.717, 1.165) is 16.5 Å². The number of unbranched alkanes of at least 4 members (excludes halogenated alkanes) is 1. The number of carbonyl (C=O) groups excluding carboxylic acids is 3. The summed E-state index contributed by atoms with van der Waals surface area (Å²) in [5.41, 5.74) is 14.8. The number of rotatable bonds is 17. The molecule has 4 rings (SSSR count). The highest BCUT2D eigenvalue weighted by Crippen LogP contribution is 2.19. The van der Waals surface area contributed by atoms with E-state index in [0.29, 0.717) is 30.8 Å². The van der Waals surface area contributed by atoms with Gasteiger partial charge >= 0.3 is 5.97 Å². The Bertz CT molecular complexity index is 1520. The number of nitrogens with zero attached hydrogens (tertiary/aromatic N) is 2.